The number of rotatable bonds is 3. The van der Waals surface area contributed by atoms with Gasteiger partial charge in [-0.1, -0.05) is 11.6 Å². The van der Waals surface area contributed by atoms with Crippen molar-refractivity contribution < 1.29 is 31.7 Å². The Morgan fingerprint density at radius 3 is 2.20 bits per heavy atom. The number of nitro groups is 1. The van der Waals surface area contributed by atoms with Crippen molar-refractivity contribution in [1.29, 1.82) is 0 Å². The zero-order valence-corrected chi connectivity index (χ0v) is 15.8. The zero-order chi connectivity index (χ0) is 22.2. The van der Waals surface area contributed by atoms with Crippen molar-refractivity contribution in [3.8, 4) is 0 Å². The summed E-state index contributed by atoms with van der Waals surface area (Å²) in [5, 5.41) is 11.0. The van der Waals surface area contributed by atoms with Crippen LogP contribution >= 0.6 is 11.6 Å². The van der Waals surface area contributed by atoms with Crippen molar-refractivity contribution >= 4 is 28.9 Å². The molecule has 0 spiro atoms. The van der Waals surface area contributed by atoms with Crippen molar-refractivity contribution in [2.24, 2.45) is 0 Å². The molecule has 0 aromatic heterocycles. The highest BCUT2D eigenvalue weighted by Gasteiger charge is 2.34. The first-order valence-corrected chi connectivity index (χ1v) is 8.91. The van der Waals surface area contributed by atoms with Crippen LogP contribution in [-0.4, -0.2) is 41.9 Å². The minimum Gasteiger partial charge on any atom is -0.362 e. The maximum Gasteiger partial charge on any atom is 0.416 e. The lowest BCUT2D eigenvalue weighted by molar-refractivity contribution is -0.384. The molecule has 12 heteroatoms. The third-order valence-corrected chi connectivity index (χ3v) is 4.96. The van der Waals surface area contributed by atoms with Gasteiger partial charge >= 0.3 is 6.18 Å². The lowest BCUT2D eigenvalue weighted by atomic mass is 10.1. The summed E-state index contributed by atoms with van der Waals surface area (Å²) in [5.41, 5.74) is -2.08. The minimum atomic E-state index is -4.72. The summed E-state index contributed by atoms with van der Waals surface area (Å²) in [6, 6.07) is 3.61. The van der Waals surface area contributed by atoms with Crippen LogP contribution in [0.15, 0.2) is 30.3 Å². The first kappa shape index (κ1) is 21.8. The van der Waals surface area contributed by atoms with Gasteiger partial charge in [-0.15, -0.1) is 0 Å². The summed E-state index contributed by atoms with van der Waals surface area (Å²) >= 11 is 5.82. The van der Waals surface area contributed by atoms with Crippen molar-refractivity contribution in [3.05, 3.63) is 68.2 Å². The first-order valence-electron chi connectivity index (χ1n) is 8.53. The van der Waals surface area contributed by atoms with E-state index in [0.29, 0.717) is 18.2 Å². The topological polar surface area (TPSA) is 66.7 Å². The summed E-state index contributed by atoms with van der Waals surface area (Å²) in [4.78, 5) is 25.7. The number of benzene rings is 2. The van der Waals surface area contributed by atoms with Gasteiger partial charge in [0.1, 0.15) is 5.69 Å². The van der Waals surface area contributed by atoms with E-state index in [2.05, 4.69) is 0 Å². The Bertz CT molecular complexity index is 1010. The number of halogens is 6. The monoisotopic (exact) mass is 449 g/mol. The van der Waals surface area contributed by atoms with E-state index < -0.39 is 39.9 Å². The first-order chi connectivity index (χ1) is 14.0. The molecule has 1 saturated heterocycles. The number of hydrogen-bond donors (Lipinski definition) is 0. The predicted octanol–water partition coefficient (Wildman–Crippen LogP) is 4.51. The molecule has 1 fully saturated rings. The fourth-order valence-electron chi connectivity index (χ4n) is 3.12. The second kappa shape index (κ2) is 8.05. The van der Waals surface area contributed by atoms with E-state index in [9.17, 15) is 36.9 Å². The second-order valence-corrected chi connectivity index (χ2v) is 6.89. The molecule has 1 aliphatic rings. The second-order valence-electron chi connectivity index (χ2n) is 6.48. The molecule has 0 saturated carbocycles. The van der Waals surface area contributed by atoms with Gasteiger partial charge < -0.3 is 9.80 Å². The molecule has 1 aliphatic heterocycles. The third kappa shape index (κ3) is 4.30. The van der Waals surface area contributed by atoms with Crippen molar-refractivity contribution in [2.75, 3.05) is 31.1 Å². The van der Waals surface area contributed by atoms with Crippen LogP contribution in [0.25, 0.3) is 0 Å². The van der Waals surface area contributed by atoms with Crippen LogP contribution in [0.2, 0.25) is 5.02 Å². The zero-order valence-electron chi connectivity index (χ0n) is 15.0. The smallest absolute Gasteiger partial charge is 0.362 e. The Labute approximate surface area is 171 Å². The predicted molar refractivity (Wildman–Crippen MR) is 97.6 cm³/mol. The average molecular weight is 450 g/mol. The molecule has 0 aliphatic carbocycles. The summed E-state index contributed by atoms with van der Waals surface area (Å²) in [7, 11) is 0. The van der Waals surface area contributed by atoms with Gasteiger partial charge in [-0.3, -0.25) is 14.9 Å². The van der Waals surface area contributed by atoms with Crippen LogP contribution in [0.4, 0.5) is 33.3 Å². The van der Waals surface area contributed by atoms with E-state index in [0.717, 1.165) is 12.1 Å². The summed E-state index contributed by atoms with van der Waals surface area (Å²) in [6.07, 6.45) is -4.72. The van der Waals surface area contributed by atoms with Crippen LogP contribution in [0, 0.1) is 21.7 Å². The fraction of sp³-hybridized carbons (Fsp3) is 0.278. The van der Waals surface area contributed by atoms with Crippen molar-refractivity contribution in [1.82, 2.24) is 4.90 Å². The number of nitrogens with zero attached hydrogens (tertiary/aromatic N) is 3. The van der Waals surface area contributed by atoms with Crippen LogP contribution < -0.4 is 4.90 Å². The number of anilines is 1. The Hall–Kier alpha value is -2.95. The van der Waals surface area contributed by atoms with Gasteiger partial charge in [0.05, 0.1) is 21.1 Å². The maximum atomic E-state index is 13.5. The number of alkyl halides is 3. The molecule has 30 heavy (non-hydrogen) atoms. The van der Waals surface area contributed by atoms with Crippen LogP contribution in [0.5, 0.6) is 0 Å². The molecular formula is C18H13ClF5N3O3. The van der Waals surface area contributed by atoms with Gasteiger partial charge in [0, 0.05) is 32.2 Å². The number of hydrogen-bond acceptors (Lipinski definition) is 4. The number of carbonyl (C=O) groups is 1. The number of amides is 1. The van der Waals surface area contributed by atoms with E-state index in [1.165, 1.54) is 9.80 Å². The van der Waals surface area contributed by atoms with E-state index >= 15 is 0 Å². The molecule has 6 nitrogen and oxygen atoms in total. The summed E-state index contributed by atoms with van der Waals surface area (Å²) in [5.74, 6) is -3.08. The highest BCUT2D eigenvalue weighted by molar-refractivity contribution is 6.33. The van der Waals surface area contributed by atoms with Crippen molar-refractivity contribution in [3.63, 3.8) is 0 Å². The molecule has 2 aromatic carbocycles. The SMILES string of the molecule is O=C(c1cc(F)c(F)cc1Cl)N1CCN(c2ccc(C(F)(F)F)cc2[N+](=O)[O-])CC1. The van der Waals surface area contributed by atoms with Crippen LogP contribution in [-0.2, 0) is 6.18 Å². The summed E-state index contributed by atoms with van der Waals surface area (Å²) < 4.78 is 65.2. The highest BCUT2D eigenvalue weighted by atomic mass is 35.5. The lowest BCUT2D eigenvalue weighted by Crippen LogP contribution is -2.49. The van der Waals surface area contributed by atoms with Gasteiger partial charge in [0.15, 0.2) is 11.6 Å². The number of piperazine rings is 1. The normalized spacial score (nSPS) is 14.7. The van der Waals surface area contributed by atoms with Crippen LogP contribution in [0.3, 0.4) is 0 Å². The lowest BCUT2D eigenvalue weighted by Gasteiger charge is -2.36. The van der Waals surface area contributed by atoms with Crippen molar-refractivity contribution in [2.45, 2.75) is 6.18 Å². The fourth-order valence-corrected chi connectivity index (χ4v) is 3.35. The van der Waals surface area contributed by atoms with E-state index in [4.69, 9.17) is 11.6 Å². The Morgan fingerprint density at radius 1 is 1.03 bits per heavy atom. The van der Waals surface area contributed by atoms with Gasteiger partial charge in [0.2, 0.25) is 0 Å². The minimum absolute atomic E-state index is 0.00837. The molecule has 0 unspecified atom stereocenters. The van der Waals surface area contributed by atoms with E-state index in [-0.39, 0.29) is 42.5 Å². The average Bonchev–Trinajstić information content (AvgIpc) is 2.69. The molecule has 1 heterocycles. The van der Waals surface area contributed by atoms with Gasteiger partial charge in [0.25, 0.3) is 11.6 Å². The Kier molecular flexibility index (Phi) is 5.84. The molecule has 0 N–H and O–H groups in total. The van der Waals surface area contributed by atoms with E-state index in [1.54, 1.807) is 0 Å². The standard InChI is InChI=1S/C18H13ClF5N3O3/c19-12-9-14(21)13(20)8-11(12)17(28)26-5-3-25(4-6-26)15-2-1-10(18(22,23)24)7-16(15)27(29)30/h1-2,7-9H,3-6H2. The number of carbonyl (C=O) groups excluding carboxylic acids is 1. The maximum absolute atomic E-state index is 13.5. The summed E-state index contributed by atoms with van der Waals surface area (Å²) in [6.45, 7) is 0.261. The molecular weight excluding hydrogens is 437 g/mol. The Morgan fingerprint density at radius 2 is 1.63 bits per heavy atom. The molecule has 160 valence electrons. The molecule has 0 radical (unpaired) electrons. The van der Waals surface area contributed by atoms with Gasteiger partial charge in [-0.2, -0.15) is 13.2 Å². The molecule has 1 amide bonds. The molecule has 2 aromatic rings. The van der Waals surface area contributed by atoms with E-state index in [1.807, 2.05) is 0 Å². The van der Waals surface area contributed by atoms with Crippen LogP contribution in [0.1, 0.15) is 15.9 Å². The van der Waals surface area contributed by atoms with Gasteiger partial charge in [-0.05, 0) is 24.3 Å². The highest BCUT2D eigenvalue weighted by Crippen LogP contribution is 2.37. The molecule has 0 bridgehead atoms. The van der Waals surface area contributed by atoms with Gasteiger partial charge in [-0.25, -0.2) is 8.78 Å². The Balaban J connectivity index is 1.78. The molecule has 3 rings (SSSR count). The third-order valence-electron chi connectivity index (χ3n) is 4.65. The largest absolute Gasteiger partial charge is 0.416 e. The number of nitro benzene ring substituents is 1. The quantitative estimate of drug-likeness (QED) is 0.299. The molecule has 0 atom stereocenters.